The Morgan fingerprint density at radius 1 is 0.957 bits per heavy atom. The predicted octanol–water partition coefficient (Wildman–Crippen LogP) is 3.17. The normalized spacial score (nSPS) is 20.2. The molecule has 2 aliphatic heterocycles. The maximum Gasteiger partial charge on any atom is 0.228 e. The lowest BCUT2D eigenvalue weighted by Crippen LogP contribution is -2.32. The van der Waals surface area contributed by atoms with E-state index in [1.807, 2.05) is 4.90 Å². The summed E-state index contributed by atoms with van der Waals surface area (Å²) < 4.78 is 0. The molecule has 0 radical (unpaired) electrons. The summed E-state index contributed by atoms with van der Waals surface area (Å²) in [6.07, 6.45) is 9.83. The molecule has 0 atom stereocenters. The molecule has 3 heterocycles. The zero-order valence-electron chi connectivity index (χ0n) is 13.8. The quantitative estimate of drug-likeness (QED) is 0.920. The molecular formula is C17H27N3O2S. The minimum atomic E-state index is 0.0532. The van der Waals surface area contributed by atoms with Crippen LogP contribution in [-0.2, 0) is 11.2 Å². The van der Waals surface area contributed by atoms with Crippen molar-refractivity contribution in [3.8, 4) is 5.88 Å². The molecule has 5 nitrogen and oxygen atoms in total. The molecule has 0 unspecified atom stereocenters. The SMILES string of the molecule is O=C(Cc1sc(N2CCCCCC2)nc1O)N1CCCCCC1. The third kappa shape index (κ3) is 4.37. The standard InChI is InChI=1S/C17H27N3O2S/c21-15(19-9-5-1-2-6-10-19)13-14-16(22)18-17(23-14)20-11-7-3-4-8-12-20/h22H,1-13H2. The number of carbonyl (C=O) groups is 1. The van der Waals surface area contributed by atoms with E-state index in [4.69, 9.17) is 0 Å². The lowest BCUT2D eigenvalue weighted by molar-refractivity contribution is -0.130. The van der Waals surface area contributed by atoms with Gasteiger partial charge in [0.15, 0.2) is 5.13 Å². The molecule has 2 fully saturated rings. The lowest BCUT2D eigenvalue weighted by atomic mass is 10.2. The van der Waals surface area contributed by atoms with Crippen molar-refractivity contribution in [2.75, 3.05) is 31.1 Å². The molecule has 128 valence electrons. The summed E-state index contributed by atoms with van der Waals surface area (Å²) in [6.45, 7) is 3.73. The highest BCUT2D eigenvalue weighted by atomic mass is 32.1. The minimum Gasteiger partial charge on any atom is -0.492 e. The van der Waals surface area contributed by atoms with Crippen molar-refractivity contribution in [2.45, 2.75) is 57.8 Å². The van der Waals surface area contributed by atoms with Crippen molar-refractivity contribution >= 4 is 22.4 Å². The van der Waals surface area contributed by atoms with Crippen LogP contribution in [0, 0.1) is 0 Å². The number of thiazole rings is 1. The Hall–Kier alpha value is -1.30. The molecule has 1 amide bonds. The van der Waals surface area contributed by atoms with Crippen molar-refractivity contribution in [1.29, 1.82) is 0 Å². The van der Waals surface area contributed by atoms with Crippen molar-refractivity contribution in [3.05, 3.63) is 4.88 Å². The molecular weight excluding hydrogens is 310 g/mol. The fourth-order valence-corrected chi connectivity index (χ4v) is 4.41. The van der Waals surface area contributed by atoms with Crippen LogP contribution in [0.1, 0.15) is 56.2 Å². The summed E-state index contributed by atoms with van der Waals surface area (Å²) in [4.78, 5) is 21.8. The molecule has 0 spiro atoms. The Balaban J connectivity index is 1.64. The number of amides is 1. The van der Waals surface area contributed by atoms with Gasteiger partial charge in [-0.2, -0.15) is 4.98 Å². The molecule has 6 heteroatoms. The van der Waals surface area contributed by atoms with E-state index in [1.54, 1.807) is 0 Å². The van der Waals surface area contributed by atoms with E-state index in [0.29, 0.717) is 0 Å². The van der Waals surface area contributed by atoms with E-state index in [9.17, 15) is 9.90 Å². The number of aromatic hydroxyl groups is 1. The van der Waals surface area contributed by atoms with E-state index in [2.05, 4.69) is 9.88 Å². The molecule has 0 bridgehead atoms. The van der Waals surface area contributed by atoms with Gasteiger partial charge >= 0.3 is 0 Å². The Bertz CT molecular complexity index is 516. The monoisotopic (exact) mass is 337 g/mol. The van der Waals surface area contributed by atoms with Gasteiger partial charge in [0.1, 0.15) is 0 Å². The Morgan fingerprint density at radius 3 is 2.13 bits per heavy atom. The highest BCUT2D eigenvalue weighted by Crippen LogP contribution is 2.32. The van der Waals surface area contributed by atoms with E-state index in [0.717, 1.165) is 49.0 Å². The van der Waals surface area contributed by atoms with Crippen LogP contribution < -0.4 is 4.90 Å². The average molecular weight is 337 g/mol. The molecule has 0 saturated carbocycles. The first kappa shape index (κ1) is 16.6. The number of hydrogen-bond donors (Lipinski definition) is 1. The van der Waals surface area contributed by atoms with Gasteiger partial charge < -0.3 is 14.9 Å². The van der Waals surface area contributed by atoms with Gasteiger partial charge in [0.25, 0.3) is 0 Å². The number of hydrogen-bond acceptors (Lipinski definition) is 5. The highest BCUT2D eigenvalue weighted by Gasteiger charge is 2.22. The largest absolute Gasteiger partial charge is 0.492 e. The molecule has 1 aromatic rings. The third-order valence-electron chi connectivity index (χ3n) is 4.81. The van der Waals surface area contributed by atoms with Crippen molar-refractivity contribution in [2.24, 2.45) is 0 Å². The molecule has 1 N–H and O–H groups in total. The molecule has 0 aromatic carbocycles. The molecule has 2 aliphatic rings. The van der Waals surface area contributed by atoms with Crippen LogP contribution in [0.25, 0.3) is 0 Å². The van der Waals surface area contributed by atoms with Crippen LogP contribution >= 0.6 is 11.3 Å². The predicted molar refractivity (Wildman–Crippen MR) is 93.2 cm³/mol. The van der Waals surface area contributed by atoms with E-state index >= 15 is 0 Å². The number of rotatable bonds is 3. The number of anilines is 1. The summed E-state index contributed by atoms with van der Waals surface area (Å²) in [5.41, 5.74) is 0. The van der Waals surface area contributed by atoms with E-state index in [-0.39, 0.29) is 18.2 Å². The van der Waals surface area contributed by atoms with Crippen LogP contribution in [0.15, 0.2) is 0 Å². The second kappa shape index (κ2) is 7.99. The average Bonchev–Trinajstić information content (AvgIpc) is 2.83. The molecule has 3 rings (SSSR count). The van der Waals surface area contributed by atoms with E-state index < -0.39 is 0 Å². The van der Waals surface area contributed by atoms with Crippen molar-refractivity contribution in [3.63, 3.8) is 0 Å². The molecule has 23 heavy (non-hydrogen) atoms. The van der Waals surface area contributed by atoms with Crippen LogP contribution in [0.4, 0.5) is 5.13 Å². The number of aromatic nitrogens is 1. The van der Waals surface area contributed by atoms with Crippen LogP contribution in [0.5, 0.6) is 5.88 Å². The topological polar surface area (TPSA) is 56.7 Å². The maximum absolute atomic E-state index is 12.5. The van der Waals surface area contributed by atoms with Crippen molar-refractivity contribution in [1.82, 2.24) is 9.88 Å². The van der Waals surface area contributed by atoms with Crippen molar-refractivity contribution < 1.29 is 9.90 Å². The second-order valence-corrected chi connectivity index (χ2v) is 7.68. The minimum absolute atomic E-state index is 0.0532. The zero-order chi connectivity index (χ0) is 16.1. The number of nitrogens with zero attached hydrogens (tertiary/aromatic N) is 3. The fourth-order valence-electron chi connectivity index (χ4n) is 3.41. The molecule has 2 saturated heterocycles. The third-order valence-corrected chi connectivity index (χ3v) is 5.92. The summed E-state index contributed by atoms with van der Waals surface area (Å²) >= 11 is 1.49. The fraction of sp³-hybridized carbons (Fsp3) is 0.765. The Morgan fingerprint density at radius 2 is 1.52 bits per heavy atom. The Labute approximate surface area is 142 Å². The second-order valence-electron chi connectivity index (χ2n) is 6.62. The van der Waals surface area contributed by atoms with Crippen LogP contribution in [0.2, 0.25) is 0 Å². The smallest absolute Gasteiger partial charge is 0.228 e. The summed E-state index contributed by atoms with van der Waals surface area (Å²) in [7, 11) is 0. The summed E-state index contributed by atoms with van der Waals surface area (Å²) in [5, 5.41) is 11.0. The number of carbonyl (C=O) groups excluding carboxylic acids is 1. The van der Waals surface area contributed by atoms with Gasteiger partial charge in [-0.3, -0.25) is 4.79 Å². The summed E-state index contributed by atoms with van der Waals surface area (Å²) in [5.74, 6) is 0.186. The zero-order valence-corrected chi connectivity index (χ0v) is 14.6. The first-order valence-corrected chi connectivity index (χ1v) is 9.77. The highest BCUT2D eigenvalue weighted by molar-refractivity contribution is 7.16. The first-order chi connectivity index (χ1) is 11.2. The van der Waals surface area contributed by atoms with Gasteiger partial charge in [-0.25, -0.2) is 0 Å². The van der Waals surface area contributed by atoms with Crippen LogP contribution in [0.3, 0.4) is 0 Å². The molecule has 1 aromatic heterocycles. The Kier molecular flexibility index (Phi) is 5.75. The maximum atomic E-state index is 12.5. The lowest BCUT2D eigenvalue weighted by Gasteiger charge is -2.20. The molecule has 0 aliphatic carbocycles. The summed E-state index contributed by atoms with van der Waals surface area (Å²) in [6, 6.07) is 0. The van der Waals surface area contributed by atoms with Gasteiger partial charge in [0.2, 0.25) is 11.8 Å². The van der Waals surface area contributed by atoms with Gasteiger partial charge in [0, 0.05) is 26.2 Å². The van der Waals surface area contributed by atoms with Gasteiger partial charge in [-0.15, -0.1) is 0 Å². The number of likely N-dealkylation sites (tertiary alicyclic amines) is 1. The first-order valence-electron chi connectivity index (χ1n) is 8.95. The van der Waals surface area contributed by atoms with E-state index in [1.165, 1.54) is 49.9 Å². The van der Waals surface area contributed by atoms with Gasteiger partial charge in [0.05, 0.1) is 11.3 Å². The van der Waals surface area contributed by atoms with Gasteiger partial charge in [-0.1, -0.05) is 37.0 Å². The van der Waals surface area contributed by atoms with Crippen LogP contribution in [-0.4, -0.2) is 47.1 Å². The van der Waals surface area contributed by atoms with Gasteiger partial charge in [-0.05, 0) is 25.7 Å².